The van der Waals surface area contributed by atoms with Crippen LogP contribution in [0.4, 0.5) is 11.6 Å². The molecule has 0 saturated carbocycles. The molecule has 0 atom stereocenters. The Balaban J connectivity index is 1.38. The van der Waals surface area contributed by atoms with E-state index in [1.165, 1.54) is 42.5 Å². The number of carbonyl (C=O) groups excluding carboxylic acids is 2. The van der Waals surface area contributed by atoms with E-state index in [0.29, 0.717) is 21.2 Å². The predicted octanol–water partition coefficient (Wildman–Crippen LogP) is 2.27. The largest absolute Gasteiger partial charge is 0.337 e. The summed E-state index contributed by atoms with van der Waals surface area (Å²) in [6.07, 6.45) is -0.273. The van der Waals surface area contributed by atoms with Gasteiger partial charge in [-0.25, -0.2) is 25.9 Å². The molecule has 0 radical (unpaired) electrons. The molecule has 2 heterocycles. The number of hydrogen-bond acceptors (Lipinski definition) is 8. The minimum Gasteiger partial charge on any atom is -0.337 e. The first-order valence-corrected chi connectivity index (χ1v) is 12.9. The van der Waals surface area contributed by atoms with E-state index in [1.807, 2.05) is 0 Å². The highest BCUT2D eigenvalue weighted by atomic mass is 32.2. The molecule has 2 amide bonds. The van der Waals surface area contributed by atoms with Gasteiger partial charge in [-0.3, -0.25) is 9.59 Å². The number of nitrogens with zero attached hydrogens (tertiary/aromatic N) is 2. The van der Waals surface area contributed by atoms with Crippen molar-refractivity contribution in [3.63, 3.8) is 0 Å². The number of hydrogen-bond donors (Lipinski definition) is 2. The molecule has 2 aromatic carbocycles. The quantitative estimate of drug-likeness (QED) is 0.496. The molecular formula is C21H20N4O7S2. The van der Waals surface area contributed by atoms with Gasteiger partial charge in [0, 0.05) is 24.2 Å². The highest BCUT2D eigenvalue weighted by Gasteiger charge is 2.40. The molecule has 11 nitrogen and oxygen atoms in total. The van der Waals surface area contributed by atoms with Crippen LogP contribution in [0.15, 0.2) is 62.8 Å². The molecule has 1 aliphatic heterocycles. The van der Waals surface area contributed by atoms with Crippen LogP contribution < -0.4 is 10.0 Å². The van der Waals surface area contributed by atoms with E-state index in [1.54, 1.807) is 19.9 Å². The second kappa shape index (κ2) is 8.57. The molecule has 0 bridgehead atoms. The van der Waals surface area contributed by atoms with E-state index < -0.39 is 31.9 Å². The second-order valence-electron chi connectivity index (χ2n) is 7.53. The van der Waals surface area contributed by atoms with E-state index >= 15 is 0 Å². The lowest BCUT2D eigenvalue weighted by atomic mass is 10.2. The van der Waals surface area contributed by atoms with Crippen molar-refractivity contribution >= 4 is 43.4 Å². The molecule has 13 heteroatoms. The van der Waals surface area contributed by atoms with Gasteiger partial charge in [0.2, 0.25) is 11.8 Å². The zero-order valence-corrected chi connectivity index (χ0v) is 19.7. The van der Waals surface area contributed by atoms with Gasteiger partial charge in [0.1, 0.15) is 4.90 Å². The van der Waals surface area contributed by atoms with Gasteiger partial charge in [-0.1, -0.05) is 17.3 Å². The Kier molecular flexibility index (Phi) is 5.91. The number of nitrogens with one attached hydrogen (secondary N) is 2. The topological polar surface area (TPSA) is 156 Å². The Morgan fingerprint density at radius 2 is 1.76 bits per heavy atom. The Morgan fingerprint density at radius 3 is 2.38 bits per heavy atom. The second-order valence-corrected chi connectivity index (χ2v) is 11.0. The number of sulfonamides is 2. The van der Waals surface area contributed by atoms with Crippen molar-refractivity contribution in [1.82, 2.24) is 9.46 Å². The summed E-state index contributed by atoms with van der Waals surface area (Å²) in [4.78, 5) is 24.6. The lowest BCUT2D eigenvalue weighted by Gasteiger charge is -2.15. The van der Waals surface area contributed by atoms with Crippen LogP contribution in [0.2, 0.25) is 0 Å². The molecule has 34 heavy (non-hydrogen) atoms. The smallest absolute Gasteiger partial charge is 0.269 e. The van der Waals surface area contributed by atoms with Gasteiger partial charge in [-0.15, -0.1) is 0 Å². The molecule has 1 aliphatic rings. The molecule has 0 saturated heterocycles. The maximum Gasteiger partial charge on any atom is 0.269 e. The number of anilines is 2. The van der Waals surface area contributed by atoms with Crippen LogP contribution >= 0.6 is 0 Å². The number of fused-ring (bicyclic) bond motifs is 1. The summed E-state index contributed by atoms with van der Waals surface area (Å²) in [5.41, 5.74) is 1.50. The van der Waals surface area contributed by atoms with E-state index in [2.05, 4.69) is 15.2 Å². The number of amides is 2. The fourth-order valence-corrected chi connectivity index (χ4v) is 5.90. The average molecular weight is 505 g/mol. The van der Waals surface area contributed by atoms with Gasteiger partial charge < -0.3 is 9.84 Å². The summed E-state index contributed by atoms with van der Waals surface area (Å²) < 4.78 is 58.2. The normalized spacial score (nSPS) is 14.6. The maximum absolute atomic E-state index is 12.6. The standard InChI is InChI=1S/C21H20N4O7S2/c1-13-14(2)23-32-20(13)24-33(28,29)16-9-7-15(8-10-16)22-19(26)11-12-25-21(27)17-5-3-4-6-18(17)34(25,30)31/h3-10,24H,11-12H2,1-2H3,(H,22,26). The van der Waals surface area contributed by atoms with Gasteiger partial charge in [-0.05, 0) is 50.2 Å². The summed E-state index contributed by atoms with van der Waals surface area (Å²) in [6.45, 7) is 3.03. The molecule has 3 aromatic rings. The minimum absolute atomic E-state index is 0.0171. The fourth-order valence-electron chi connectivity index (χ4n) is 3.29. The monoisotopic (exact) mass is 504 g/mol. The summed E-state index contributed by atoms with van der Waals surface area (Å²) in [7, 11) is -7.94. The Bertz CT molecular complexity index is 1490. The van der Waals surface area contributed by atoms with Crippen LogP contribution in [0.25, 0.3) is 0 Å². The average Bonchev–Trinajstić information content (AvgIpc) is 3.20. The molecular weight excluding hydrogens is 484 g/mol. The molecule has 0 spiro atoms. The van der Waals surface area contributed by atoms with Gasteiger partial charge in [0.05, 0.1) is 16.2 Å². The highest BCUT2D eigenvalue weighted by molar-refractivity contribution is 7.92. The molecule has 0 aliphatic carbocycles. The van der Waals surface area contributed by atoms with E-state index in [-0.39, 0.29) is 34.2 Å². The lowest BCUT2D eigenvalue weighted by molar-refractivity contribution is -0.116. The Labute approximate surface area is 195 Å². The van der Waals surface area contributed by atoms with E-state index in [4.69, 9.17) is 4.52 Å². The van der Waals surface area contributed by atoms with Gasteiger partial charge in [0.15, 0.2) is 0 Å². The minimum atomic E-state index is -4.00. The van der Waals surface area contributed by atoms with Gasteiger partial charge >= 0.3 is 0 Å². The number of carbonyl (C=O) groups is 2. The number of benzene rings is 2. The third-order valence-electron chi connectivity index (χ3n) is 5.29. The molecule has 4 rings (SSSR count). The lowest BCUT2D eigenvalue weighted by Crippen LogP contribution is -2.33. The third kappa shape index (κ3) is 4.26. The molecule has 1 aromatic heterocycles. The van der Waals surface area contributed by atoms with Crippen molar-refractivity contribution in [2.75, 3.05) is 16.6 Å². The summed E-state index contributed by atoms with van der Waals surface area (Å²) in [6, 6.07) is 11.2. The van der Waals surface area contributed by atoms with Crippen LogP contribution in [0.1, 0.15) is 28.0 Å². The van der Waals surface area contributed by atoms with E-state index in [9.17, 15) is 26.4 Å². The number of aromatic nitrogens is 1. The van der Waals surface area contributed by atoms with Crippen LogP contribution in [0, 0.1) is 13.8 Å². The molecule has 178 valence electrons. The summed E-state index contributed by atoms with van der Waals surface area (Å²) in [5, 5.41) is 6.26. The summed E-state index contributed by atoms with van der Waals surface area (Å²) in [5.74, 6) is -1.20. The van der Waals surface area contributed by atoms with Crippen molar-refractivity contribution in [3.8, 4) is 0 Å². The van der Waals surface area contributed by atoms with Crippen LogP contribution in [0.5, 0.6) is 0 Å². The predicted molar refractivity (Wildman–Crippen MR) is 121 cm³/mol. The summed E-state index contributed by atoms with van der Waals surface area (Å²) >= 11 is 0. The SMILES string of the molecule is Cc1noc(NS(=O)(=O)c2ccc(NC(=O)CCN3C(=O)c4ccccc4S3(=O)=O)cc2)c1C. The van der Waals surface area contributed by atoms with E-state index in [0.717, 1.165) is 0 Å². The van der Waals surface area contributed by atoms with Crippen molar-refractivity contribution in [3.05, 3.63) is 65.4 Å². The van der Waals surface area contributed by atoms with Gasteiger partial charge in [-0.2, -0.15) is 0 Å². The van der Waals surface area contributed by atoms with Crippen LogP contribution in [-0.2, 0) is 24.8 Å². The van der Waals surface area contributed by atoms with Crippen molar-refractivity contribution < 1.29 is 30.9 Å². The Hall–Kier alpha value is -3.71. The molecule has 2 N–H and O–H groups in total. The molecule has 0 fully saturated rings. The first-order valence-electron chi connectivity index (χ1n) is 10.0. The zero-order valence-electron chi connectivity index (χ0n) is 18.1. The molecule has 0 unspecified atom stereocenters. The van der Waals surface area contributed by atoms with Crippen molar-refractivity contribution in [2.24, 2.45) is 0 Å². The van der Waals surface area contributed by atoms with Crippen LogP contribution in [-0.4, -0.2) is 44.7 Å². The fraction of sp³-hybridized carbons (Fsp3) is 0.190. The highest BCUT2D eigenvalue weighted by Crippen LogP contribution is 2.30. The Morgan fingerprint density at radius 1 is 1.09 bits per heavy atom. The van der Waals surface area contributed by atoms with Crippen molar-refractivity contribution in [1.29, 1.82) is 0 Å². The number of rotatable bonds is 7. The van der Waals surface area contributed by atoms with Gasteiger partial charge in [0.25, 0.3) is 26.0 Å². The zero-order chi connectivity index (χ0) is 24.7. The van der Waals surface area contributed by atoms with Crippen LogP contribution in [0.3, 0.4) is 0 Å². The maximum atomic E-state index is 12.6. The first-order chi connectivity index (χ1) is 16.0. The number of aryl methyl sites for hydroxylation is 1. The van der Waals surface area contributed by atoms with Crippen molar-refractivity contribution in [2.45, 2.75) is 30.1 Å². The third-order valence-corrected chi connectivity index (χ3v) is 8.47. The first kappa shape index (κ1) is 23.4.